The van der Waals surface area contributed by atoms with Crippen LogP contribution in [0.2, 0.25) is 0 Å². The number of hydrogen-bond donors (Lipinski definition) is 1. The summed E-state index contributed by atoms with van der Waals surface area (Å²) in [5.41, 5.74) is 0.0964. The van der Waals surface area contributed by atoms with Gasteiger partial charge in [-0.2, -0.15) is 4.39 Å². The summed E-state index contributed by atoms with van der Waals surface area (Å²) in [4.78, 5) is 11.3. The molecule has 1 aromatic carbocycles. The predicted octanol–water partition coefficient (Wildman–Crippen LogP) is 4.36. The first-order valence-corrected chi connectivity index (χ1v) is 7.27. The summed E-state index contributed by atoms with van der Waals surface area (Å²) < 4.78 is 13.3. The maximum atomic E-state index is 13.3. The van der Waals surface area contributed by atoms with Gasteiger partial charge in [0.25, 0.3) is 0 Å². The van der Waals surface area contributed by atoms with Crippen LogP contribution in [0.4, 0.5) is 15.8 Å². The number of anilines is 1. The Balaban J connectivity index is 1.86. The zero-order valence-corrected chi connectivity index (χ0v) is 11.4. The number of halogens is 1. The molecule has 6 heteroatoms. The quantitative estimate of drug-likeness (QED) is 0.658. The van der Waals surface area contributed by atoms with Crippen molar-refractivity contribution in [1.82, 2.24) is 0 Å². The molecule has 0 radical (unpaired) electrons. The standard InChI is InChI=1S/C14H13FN2O2S/c15-11-6-5-10(8-12(11)17(18)19)16-14(9-3-4-9)13-2-1-7-20-13/h1-2,5-9,14,16H,3-4H2. The number of nitro benzene ring substituents is 1. The second-order valence-electron chi connectivity index (χ2n) is 4.90. The van der Waals surface area contributed by atoms with E-state index in [2.05, 4.69) is 11.4 Å². The summed E-state index contributed by atoms with van der Waals surface area (Å²) in [6, 6.07) is 8.14. The first-order chi connectivity index (χ1) is 9.65. The van der Waals surface area contributed by atoms with Crippen LogP contribution in [0.1, 0.15) is 23.8 Å². The van der Waals surface area contributed by atoms with Crippen LogP contribution in [0.15, 0.2) is 35.7 Å². The molecule has 1 aliphatic rings. The summed E-state index contributed by atoms with van der Waals surface area (Å²) >= 11 is 1.66. The van der Waals surface area contributed by atoms with E-state index in [0.717, 1.165) is 18.9 Å². The van der Waals surface area contributed by atoms with Gasteiger partial charge >= 0.3 is 5.69 Å². The molecule has 1 N–H and O–H groups in total. The second kappa shape index (κ2) is 5.20. The molecule has 4 nitrogen and oxygen atoms in total. The van der Waals surface area contributed by atoms with Crippen LogP contribution >= 0.6 is 11.3 Å². The van der Waals surface area contributed by atoms with E-state index in [4.69, 9.17) is 0 Å². The average molecular weight is 292 g/mol. The van der Waals surface area contributed by atoms with Gasteiger partial charge in [0, 0.05) is 16.6 Å². The van der Waals surface area contributed by atoms with Crippen molar-refractivity contribution in [3.05, 3.63) is 56.5 Å². The van der Waals surface area contributed by atoms with Gasteiger partial charge in [0.1, 0.15) is 0 Å². The molecule has 20 heavy (non-hydrogen) atoms. The average Bonchev–Trinajstić information content (AvgIpc) is 3.12. The zero-order chi connectivity index (χ0) is 14.1. The summed E-state index contributed by atoms with van der Waals surface area (Å²) in [6.07, 6.45) is 2.30. The number of nitrogens with one attached hydrogen (secondary N) is 1. The van der Waals surface area contributed by atoms with E-state index in [1.807, 2.05) is 11.4 Å². The normalized spacial score (nSPS) is 15.8. The summed E-state index contributed by atoms with van der Waals surface area (Å²) in [7, 11) is 0. The lowest BCUT2D eigenvalue weighted by atomic mass is 10.1. The lowest BCUT2D eigenvalue weighted by molar-refractivity contribution is -0.387. The highest BCUT2D eigenvalue weighted by Gasteiger charge is 2.33. The van der Waals surface area contributed by atoms with Crippen LogP contribution in [0.25, 0.3) is 0 Å². The smallest absolute Gasteiger partial charge is 0.306 e. The van der Waals surface area contributed by atoms with Crippen molar-refractivity contribution in [3.8, 4) is 0 Å². The summed E-state index contributed by atoms with van der Waals surface area (Å²) in [5.74, 6) is -0.252. The molecule has 1 saturated carbocycles. The highest BCUT2D eigenvalue weighted by atomic mass is 32.1. The van der Waals surface area contributed by atoms with Crippen LogP contribution < -0.4 is 5.32 Å². The second-order valence-corrected chi connectivity index (χ2v) is 5.88. The predicted molar refractivity (Wildman–Crippen MR) is 76.5 cm³/mol. The largest absolute Gasteiger partial charge is 0.377 e. The van der Waals surface area contributed by atoms with E-state index in [1.54, 1.807) is 17.4 Å². The topological polar surface area (TPSA) is 55.2 Å². The first kappa shape index (κ1) is 13.1. The van der Waals surface area contributed by atoms with Crippen LogP contribution in [0, 0.1) is 21.8 Å². The minimum atomic E-state index is -0.806. The lowest BCUT2D eigenvalue weighted by Crippen LogP contribution is -2.11. The van der Waals surface area contributed by atoms with Gasteiger partial charge in [-0.3, -0.25) is 10.1 Å². The van der Waals surface area contributed by atoms with Crippen LogP contribution in [-0.4, -0.2) is 4.92 Å². The molecular formula is C14H13FN2O2S. The van der Waals surface area contributed by atoms with Gasteiger partial charge in [0.05, 0.1) is 11.0 Å². The molecule has 1 atom stereocenters. The number of nitro groups is 1. The van der Waals surface area contributed by atoms with Gasteiger partial charge in [-0.05, 0) is 42.3 Å². The van der Waals surface area contributed by atoms with Crippen molar-refractivity contribution in [2.45, 2.75) is 18.9 Å². The maximum absolute atomic E-state index is 13.3. The van der Waals surface area contributed by atoms with E-state index < -0.39 is 16.4 Å². The van der Waals surface area contributed by atoms with Gasteiger partial charge < -0.3 is 5.32 Å². The third-order valence-electron chi connectivity index (χ3n) is 3.41. The van der Waals surface area contributed by atoms with Crippen LogP contribution in [0.3, 0.4) is 0 Å². The Morgan fingerprint density at radius 3 is 2.80 bits per heavy atom. The number of hydrogen-bond acceptors (Lipinski definition) is 4. The minimum Gasteiger partial charge on any atom is -0.377 e. The van der Waals surface area contributed by atoms with Gasteiger partial charge in [-0.15, -0.1) is 11.3 Å². The van der Waals surface area contributed by atoms with Gasteiger partial charge in [-0.25, -0.2) is 0 Å². The number of benzene rings is 1. The molecule has 0 spiro atoms. The van der Waals surface area contributed by atoms with Crippen molar-refractivity contribution in [2.75, 3.05) is 5.32 Å². The molecule has 0 aliphatic heterocycles. The Morgan fingerprint density at radius 2 is 2.20 bits per heavy atom. The van der Waals surface area contributed by atoms with E-state index in [1.165, 1.54) is 10.9 Å². The number of rotatable bonds is 5. The third kappa shape index (κ3) is 2.65. The van der Waals surface area contributed by atoms with Gasteiger partial charge in [-0.1, -0.05) is 6.07 Å². The van der Waals surface area contributed by atoms with E-state index in [-0.39, 0.29) is 6.04 Å². The van der Waals surface area contributed by atoms with Crippen molar-refractivity contribution in [2.24, 2.45) is 5.92 Å². The molecule has 1 aliphatic carbocycles. The van der Waals surface area contributed by atoms with E-state index >= 15 is 0 Å². The maximum Gasteiger partial charge on any atom is 0.306 e. The Kier molecular flexibility index (Phi) is 3.40. The number of nitrogens with zero attached hydrogens (tertiary/aromatic N) is 1. The molecule has 1 aromatic heterocycles. The zero-order valence-electron chi connectivity index (χ0n) is 10.6. The van der Waals surface area contributed by atoms with Crippen LogP contribution in [0.5, 0.6) is 0 Å². The Labute approximate surface area is 119 Å². The molecule has 1 unspecified atom stereocenters. The molecule has 0 saturated heterocycles. The van der Waals surface area contributed by atoms with Gasteiger partial charge in [0.2, 0.25) is 5.82 Å². The molecule has 1 fully saturated rings. The first-order valence-electron chi connectivity index (χ1n) is 6.39. The molecule has 0 bridgehead atoms. The minimum absolute atomic E-state index is 0.153. The Morgan fingerprint density at radius 1 is 1.40 bits per heavy atom. The van der Waals surface area contributed by atoms with Crippen molar-refractivity contribution in [3.63, 3.8) is 0 Å². The van der Waals surface area contributed by atoms with Crippen molar-refractivity contribution >= 4 is 22.7 Å². The van der Waals surface area contributed by atoms with Crippen molar-refractivity contribution < 1.29 is 9.31 Å². The molecule has 2 aromatic rings. The fourth-order valence-corrected chi connectivity index (χ4v) is 3.11. The molecule has 1 heterocycles. The summed E-state index contributed by atoms with van der Waals surface area (Å²) in [6.45, 7) is 0. The third-order valence-corrected chi connectivity index (χ3v) is 4.36. The molecular weight excluding hydrogens is 279 g/mol. The molecule has 104 valence electrons. The molecule has 0 amide bonds. The monoisotopic (exact) mass is 292 g/mol. The molecule has 3 rings (SSSR count). The highest BCUT2D eigenvalue weighted by Crippen LogP contribution is 2.44. The summed E-state index contributed by atoms with van der Waals surface area (Å²) in [5, 5.41) is 16.1. The number of thiophene rings is 1. The van der Waals surface area contributed by atoms with Crippen molar-refractivity contribution in [1.29, 1.82) is 0 Å². The highest BCUT2D eigenvalue weighted by molar-refractivity contribution is 7.10. The Hall–Kier alpha value is -1.95. The van der Waals surface area contributed by atoms with E-state index in [9.17, 15) is 14.5 Å². The Bertz CT molecular complexity index is 626. The van der Waals surface area contributed by atoms with Crippen LogP contribution in [-0.2, 0) is 0 Å². The fourth-order valence-electron chi connectivity index (χ4n) is 2.24. The lowest BCUT2D eigenvalue weighted by Gasteiger charge is -2.18. The fraction of sp³-hybridized carbons (Fsp3) is 0.286. The SMILES string of the molecule is O=[N+]([O-])c1cc(NC(c2cccs2)C2CC2)ccc1F. The van der Waals surface area contributed by atoms with Gasteiger partial charge in [0.15, 0.2) is 0 Å². The van der Waals surface area contributed by atoms with E-state index in [0.29, 0.717) is 11.6 Å².